The molecule has 0 radical (unpaired) electrons. The normalized spacial score (nSPS) is 14.2. The lowest BCUT2D eigenvalue weighted by molar-refractivity contribution is -0.117. The number of imidazole rings is 1. The molecule has 0 aliphatic carbocycles. The first-order valence-corrected chi connectivity index (χ1v) is 8.79. The lowest BCUT2D eigenvalue weighted by Crippen LogP contribution is -2.24. The van der Waals surface area contributed by atoms with Crippen LogP contribution in [0.3, 0.4) is 0 Å². The number of amides is 2. The Morgan fingerprint density at radius 3 is 2.88 bits per heavy atom. The fourth-order valence-corrected chi connectivity index (χ4v) is 3.24. The van der Waals surface area contributed by atoms with E-state index in [1.807, 2.05) is 47.7 Å². The molecule has 0 atom stereocenters. The van der Waals surface area contributed by atoms with Crippen molar-refractivity contribution in [3.05, 3.63) is 42.0 Å². The van der Waals surface area contributed by atoms with Gasteiger partial charge in [0.25, 0.3) is 0 Å². The Hall–Kier alpha value is -2.63. The summed E-state index contributed by atoms with van der Waals surface area (Å²) in [6, 6.07) is 5.70. The van der Waals surface area contributed by atoms with Gasteiger partial charge in [0.05, 0.1) is 0 Å². The highest BCUT2D eigenvalue weighted by molar-refractivity contribution is 5.97. The number of rotatable bonds is 6. The molecule has 2 amide bonds. The lowest BCUT2D eigenvalue weighted by atomic mass is 10.1. The summed E-state index contributed by atoms with van der Waals surface area (Å²) in [6.45, 7) is 5.41. The number of carbonyl (C=O) groups excluding carboxylic acids is 2. The van der Waals surface area contributed by atoms with E-state index in [-0.39, 0.29) is 11.8 Å². The summed E-state index contributed by atoms with van der Waals surface area (Å²) in [4.78, 5) is 30.2. The molecule has 1 N–H and O–H groups in total. The number of carbonyl (C=O) groups is 2. The molecule has 1 saturated heterocycles. The van der Waals surface area contributed by atoms with Gasteiger partial charge in [0.15, 0.2) is 0 Å². The molecule has 1 aliphatic heterocycles. The highest BCUT2D eigenvalue weighted by Crippen LogP contribution is 2.27. The van der Waals surface area contributed by atoms with Gasteiger partial charge in [-0.25, -0.2) is 4.98 Å². The maximum Gasteiger partial charge on any atom is 0.227 e. The van der Waals surface area contributed by atoms with E-state index in [4.69, 9.17) is 0 Å². The Morgan fingerprint density at radius 2 is 2.20 bits per heavy atom. The second kappa shape index (κ2) is 7.51. The first kappa shape index (κ1) is 17.2. The number of aromatic nitrogens is 2. The van der Waals surface area contributed by atoms with Gasteiger partial charge >= 0.3 is 0 Å². The fourth-order valence-electron chi connectivity index (χ4n) is 3.24. The number of nitrogens with zero attached hydrogens (tertiary/aromatic N) is 3. The second-order valence-corrected chi connectivity index (χ2v) is 6.34. The van der Waals surface area contributed by atoms with Crippen molar-refractivity contribution in [2.24, 2.45) is 0 Å². The number of nitrogens with one attached hydrogen (secondary N) is 1. The standard InChI is InChI=1S/C19H24N4O2/c1-3-17-20-9-12-22(17)11-8-18(24)21-15-6-7-16(14(2)13-15)23-10-4-5-19(23)25/h6-7,9,12-13H,3-5,8,10-11H2,1-2H3,(H,21,24). The van der Waals surface area contributed by atoms with Crippen LogP contribution in [0.1, 0.15) is 37.6 Å². The van der Waals surface area contributed by atoms with Crippen molar-refractivity contribution in [3.8, 4) is 0 Å². The Morgan fingerprint density at radius 1 is 1.36 bits per heavy atom. The zero-order valence-electron chi connectivity index (χ0n) is 14.8. The van der Waals surface area contributed by atoms with Gasteiger partial charge in [0, 0.05) is 56.1 Å². The largest absolute Gasteiger partial charge is 0.334 e. The van der Waals surface area contributed by atoms with Gasteiger partial charge in [-0.2, -0.15) is 0 Å². The molecule has 2 aromatic rings. The molecule has 0 saturated carbocycles. The number of aryl methyl sites for hydroxylation is 3. The third-order valence-corrected chi connectivity index (χ3v) is 4.54. The van der Waals surface area contributed by atoms with Crippen LogP contribution in [0.4, 0.5) is 11.4 Å². The van der Waals surface area contributed by atoms with Crippen molar-refractivity contribution in [3.63, 3.8) is 0 Å². The Balaban J connectivity index is 1.60. The molecule has 0 spiro atoms. The first-order valence-electron chi connectivity index (χ1n) is 8.79. The van der Waals surface area contributed by atoms with E-state index in [0.29, 0.717) is 19.4 Å². The van der Waals surface area contributed by atoms with Gasteiger partial charge < -0.3 is 14.8 Å². The summed E-state index contributed by atoms with van der Waals surface area (Å²) >= 11 is 0. The van der Waals surface area contributed by atoms with Crippen LogP contribution in [0.15, 0.2) is 30.6 Å². The minimum atomic E-state index is -0.0276. The zero-order chi connectivity index (χ0) is 17.8. The Labute approximate surface area is 147 Å². The van der Waals surface area contributed by atoms with Crippen LogP contribution in [0.5, 0.6) is 0 Å². The van der Waals surface area contributed by atoms with Gasteiger partial charge in [0.2, 0.25) is 11.8 Å². The predicted octanol–water partition coefficient (Wildman–Crippen LogP) is 2.91. The van der Waals surface area contributed by atoms with E-state index in [0.717, 1.165) is 42.1 Å². The molecular weight excluding hydrogens is 316 g/mol. The van der Waals surface area contributed by atoms with Gasteiger partial charge in [-0.05, 0) is 37.1 Å². The van der Waals surface area contributed by atoms with E-state index in [1.54, 1.807) is 6.20 Å². The summed E-state index contributed by atoms with van der Waals surface area (Å²) in [6.07, 6.45) is 6.44. The second-order valence-electron chi connectivity index (χ2n) is 6.34. The fraction of sp³-hybridized carbons (Fsp3) is 0.421. The SMILES string of the molecule is CCc1nccn1CCC(=O)Nc1ccc(N2CCCC2=O)c(C)c1. The van der Waals surface area contributed by atoms with E-state index in [1.165, 1.54) is 0 Å². The van der Waals surface area contributed by atoms with Crippen molar-refractivity contribution in [1.29, 1.82) is 0 Å². The quantitative estimate of drug-likeness (QED) is 0.879. The average molecular weight is 340 g/mol. The monoisotopic (exact) mass is 340 g/mol. The maximum absolute atomic E-state index is 12.2. The summed E-state index contributed by atoms with van der Waals surface area (Å²) in [5, 5.41) is 2.94. The Kier molecular flexibility index (Phi) is 5.16. The first-order chi connectivity index (χ1) is 12.1. The summed E-state index contributed by atoms with van der Waals surface area (Å²) in [5.41, 5.74) is 2.70. The number of anilines is 2. The highest BCUT2D eigenvalue weighted by atomic mass is 16.2. The third kappa shape index (κ3) is 3.90. The zero-order valence-corrected chi connectivity index (χ0v) is 14.8. The lowest BCUT2D eigenvalue weighted by Gasteiger charge is -2.19. The molecule has 3 rings (SSSR count). The van der Waals surface area contributed by atoms with Crippen molar-refractivity contribution < 1.29 is 9.59 Å². The topological polar surface area (TPSA) is 67.2 Å². The smallest absolute Gasteiger partial charge is 0.227 e. The molecule has 6 nitrogen and oxygen atoms in total. The number of hydrogen-bond donors (Lipinski definition) is 1. The van der Waals surface area contributed by atoms with Gasteiger partial charge in [-0.1, -0.05) is 6.92 Å². The molecule has 25 heavy (non-hydrogen) atoms. The summed E-state index contributed by atoms with van der Waals surface area (Å²) in [7, 11) is 0. The molecule has 132 valence electrons. The van der Waals surface area contributed by atoms with E-state index >= 15 is 0 Å². The number of benzene rings is 1. The predicted molar refractivity (Wildman–Crippen MR) is 97.6 cm³/mol. The van der Waals surface area contributed by atoms with E-state index in [2.05, 4.69) is 10.3 Å². The van der Waals surface area contributed by atoms with Crippen molar-refractivity contribution in [2.75, 3.05) is 16.8 Å². The van der Waals surface area contributed by atoms with Gasteiger partial charge in [-0.15, -0.1) is 0 Å². The van der Waals surface area contributed by atoms with Crippen LogP contribution in [-0.2, 0) is 22.6 Å². The van der Waals surface area contributed by atoms with Crippen molar-refractivity contribution >= 4 is 23.2 Å². The van der Waals surface area contributed by atoms with E-state index < -0.39 is 0 Å². The number of hydrogen-bond acceptors (Lipinski definition) is 3. The molecule has 1 aliphatic rings. The van der Waals surface area contributed by atoms with E-state index in [9.17, 15) is 9.59 Å². The summed E-state index contributed by atoms with van der Waals surface area (Å²) < 4.78 is 2.01. The minimum absolute atomic E-state index is 0.0276. The van der Waals surface area contributed by atoms with Crippen LogP contribution in [-0.4, -0.2) is 27.9 Å². The van der Waals surface area contributed by atoms with Crippen LogP contribution in [0, 0.1) is 6.92 Å². The van der Waals surface area contributed by atoms with Crippen molar-refractivity contribution in [1.82, 2.24) is 9.55 Å². The minimum Gasteiger partial charge on any atom is -0.334 e. The molecule has 1 aromatic heterocycles. The summed E-state index contributed by atoms with van der Waals surface area (Å²) in [5.74, 6) is 1.13. The van der Waals surface area contributed by atoms with Crippen LogP contribution < -0.4 is 10.2 Å². The molecule has 0 unspecified atom stereocenters. The van der Waals surface area contributed by atoms with Gasteiger partial charge in [-0.3, -0.25) is 9.59 Å². The average Bonchev–Trinajstić information content (AvgIpc) is 3.21. The molecule has 6 heteroatoms. The molecule has 0 bridgehead atoms. The van der Waals surface area contributed by atoms with Crippen LogP contribution >= 0.6 is 0 Å². The van der Waals surface area contributed by atoms with Gasteiger partial charge in [0.1, 0.15) is 5.82 Å². The maximum atomic E-state index is 12.2. The molecule has 2 heterocycles. The molecule has 1 fully saturated rings. The Bertz CT molecular complexity index is 781. The van der Waals surface area contributed by atoms with Crippen molar-refractivity contribution in [2.45, 2.75) is 46.1 Å². The third-order valence-electron chi connectivity index (χ3n) is 4.54. The molecule has 1 aromatic carbocycles. The molecular formula is C19H24N4O2. The van der Waals surface area contributed by atoms with Crippen LogP contribution in [0.2, 0.25) is 0 Å². The van der Waals surface area contributed by atoms with Crippen LogP contribution in [0.25, 0.3) is 0 Å². The highest BCUT2D eigenvalue weighted by Gasteiger charge is 2.23.